The summed E-state index contributed by atoms with van der Waals surface area (Å²) in [7, 11) is 7.13. The number of carbonyl (C=O) groups is 2. The second-order valence-corrected chi connectivity index (χ2v) is 4.63. The maximum Gasteiger partial charge on any atom is 0.341 e. The number of amides is 1. The fourth-order valence-electron chi connectivity index (χ4n) is 1.60. The number of hydrogen-bond donors (Lipinski definition) is 1. The molecule has 1 heterocycles. The van der Waals surface area contributed by atoms with Gasteiger partial charge in [0.2, 0.25) is 0 Å². The molecule has 0 aromatic rings. The predicted octanol–water partition coefficient (Wildman–Crippen LogP) is -0.0737. The molecule has 7 nitrogen and oxygen atoms in total. The van der Waals surface area contributed by atoms with E-state index < -0.39 is 5.97 Å². The van der Waals surface area contributed by atoms with E-state index in [1.165, 1.54) is 0 Å². The molecule has 1 aliphatic rings. The average Bonchev–Trinajstić information content (AvgIpc) is 2.67. The van der Waals surface area contributed by atoms with E-state index in [0.29, 0.717) is 5.57 Å². The molecule has 0 radical (unpaired) electrons. The van der Waals surface area contributed by atoms with Crippen molar-refractivity contribution in [2.24, 2.45) is 5.10 Å². The summed E-state index contributed by atoms with van der Waals surface area (Å²) in [6, 6.07) is 0. The van der Waals surface area contributed by atoms with Crippen molar-refractivity contribution >= 4 is 17.6 Å². The van der Waals surface area contributed by atoms with Crippen molar-refractivity contribution in [1.29, 1.82) is 0 Å². The summed E-state index contributed by atoms with van der Waals surface area (Å²) >= 11 is 0. The largest absolute Gasteiger partial charge is 0.462 e. The summed E-state index contributed by atoms with van der Waals surface area (Å²) in [4.78, 5) is 27.2. The van der Waals surface area contributed by atoms with E-state index in [2.05, 4.69) is 10.5 Å². The van der Waals surface area contributed by atoms with Gasteiger partial charge in [-0.1, -0.05) is 0 Å². The van der Waals surface area contributed by atoms with Gasteiger partial charge in [0.25, 0.3) is 5.91 Å². The molecule has 0 saturated carbocycles. The molecule has 110 valence electrons. The van der Waals surface area contributed by atoms with Crippen LogP contribution in [0.15, 0.2) is 28.6 Å². The number of esters is 1. The van der Waals surface area contributed by atoms with Crippen molar-refractivity contribution < 1.29 is 14.3 Å². The Balaban J connectivity index is 3.20. The summed E-state index contributed by atoms with van der Waals surface area (Å²) in [5, 5.41) is 3.93. The van der Waals surface area contributed by atoms with Gasteiger partial charge in [-0.25, -0.2) is 10.2 Å². The Morgan fingerprint density at radius 2 is 1.95 bits per heavy atom. The highest BCUT2D eigenvalue weighted by Gasteiger charge is 2.30. The van der Waals surface area contributed by atoms with E-state index in [4.69, 9.17) is 4.74 Å². The third-order valence-electron chi connectivity index (χ3n) is 2.29. The van der Waals surface area contributed by atoms with Crippen LogP contribution in [-0.2, 0) is 14.3 Å². The van der Waals surface area contributed by atoms with Crippen LogP contribution >= 0.6 is 0 Å². The highest BCUT2D eigenvalue weighted by molar-refractivity contribution is 6.37. The van der Waals surface area contributed by atoms with Crippen molar-refractivity contribution in [3.63, 3.8) is 0 Å². The number of hydrogen-bond acceptors (Lipinski definition) is 6. The quantitative estimate of drug-likeness (QED) is 0.563. The van der Waals surface area contributed by atoms with E-state index >= 15 is 0 Å². The van der Waals surface area contributed by atoms with Gasteiger partial charge < -0.3 is 14.5 Å². The minimum absolute atomic E-state index is 0.239. The highest BCUT2D eigenvalue weighted by Crippen LogP contribution is 2.16. The summed E-state index contributed by atoms with van der Waals surface area (Å²) in [6.07, 6.45) is 3.20. The summed E-state index contributed by atoms with van der Waals surface area (Å²) in [5.41, 5.74) is 3.22. The third-order valence-corrected chi connectivity index (χ3v) is 2.29. The molecule has 0 atom stereocenters. The first-order valence-corrected chi connectivity index (χ1v) is 6.19. The predicted molar refractivity (Wildman–Crippen MR) is 75.8 cm³/mol. The number of carbonyl (C=O) groups excluding carboxylic acids is 2. The number of nitrogens with zero attached hydrogens (tertiary/aromatic N) is 3. The molecule has 1 N–H and O–H groups in total. The van der Waals surface area contributed by atoms with Crippen molar-refractivity contribution in [2.75, 3.05) is 34.8 Å². The fraction of sp³-hybridized carbons (Fsp3) is 0.462. The van der Waals surface area contributed by atoms with Crippen molar-refractivity contribution in [2.45, 2.75) is 6.92 Å². The number of hydrazone groups is 1. The van der Waals surface area contributed by atoms with Crippen LogP contribution in [-0.4, -0.2) is 62.2 Å². The maximum atomic E-state index is 12.0. The second-order valence-electron chi connectivity index (χ2n) is 4.63. The molecular formula is C13H20N4O3. The van der Waals surface area contributed by atoms with Gasteiger partial charge in [-0.3, -0.25) is 4.79 Å². The Morgan fingerprint density at radius 1 is 1.30 bits per heavy atom. The SMILES string of the molecule is CCOC(=O)/C(=C/N(C)C)C1=NNC(=O)/C1=C\N(C)C. The van der Waals surface area contributed by atoms with Crippen LogP contribution in [0.2, 0.25) is 0 Å². The molecular weight excluding hydrogens is 260 g/mol. The van der Waals surface area contributed by atoms with Crippen LogP contribution in [0.25, 0.3) is 0 Å². The summed E-state index contributed by atoms with van der Waals surface area (Å²) in [6.45, 7) is 1.98. The van der Waals surface area contributed by atoms with E-state index in [1.54, 1.807) is 57.3 Å². The molecule has 0 saturated heterocycles. The molecule has 0 spiro atoms. The molecule has 7 heteroatoms. The minimum Gasteiger partial charge on any atom is -0.462 e. The fourth-order valence-corrected chi connectivity index (χ4v) is 1.60. The lowest BCUT2D eigenvalue weighted by Gasteiger charge is -2.12. The van der Waals surface area contributed by atoms with Crippen molar-refractivity contribution in [1.82, 2.24) is 15.2 Å². The van der Waals surface area contributed by atoms with Crippen LogP contribution in [0.4, 0.5) is 0 Å². The normalized spacial score (nSPS) is 16.9. The monoisotopic (exact) mass is 280 g/mol. The Labute approximate surface area is 118 Å². The number of nitrogens with one attached hydrogen (secondary N) is 1. The van der Waals surface area contributed by atoms with E-state index in [0.717, 1.165) is 0 Å². The zero-order chi connectivity index (χ0) is 15.3. The topological polar surface area (TPSA) is 74.2 Å². The molecule has 0 aliphatic carbocycles. The Kier molecular flexibility index (Phi) is 5.31. The zero-order valence-corrected chi connectivity index (χ0v) is 12.4. The number of rotatable bonds is 5. The minimum atomic E-state index is -0.513. The van der Waals surface area contributed by atoms with Gasteiger partial charge in [0, 0.05) is 40.6 Å². The molecule has 1 amide bonds. The number of ether oxygens (including phenoxy) is 1. The maximum absolute atomic E-state index is 12.0. The van der Waals surface area contributed by atoms with Gasteiger partial charge in [0.05, 0.1) is 12.2 Å². The molecule has 0 fully saturated rings. The molecule has 1 rings (SSSR count). The van der Waals surface area contributed by atoms with E-state index in [-0.39, 0.29) is 23.8 Å². The molecule has 0 unspecified atom stereocenters. The average molecular weight is 280 g/mol. The van der Waals surface area contributed by atoms with Gasteiger partial charge in [-0.15, -0.1) is 0 Å². The zero-order valence-electron chi connectivity index (χ0n) is 12.4. The molecule has 0 bridgehead atoms. The van der Waals surface area contributed by atoms with Gasteiger partial charge >= 0.3 is 5.97 Å². The van der Waals surface area contributed by atoms with Crippen LogP contribution in [0.1, 0.15) is 6.92 Å². The second kappa shape index (κ2) is 6.74. The first-order chi connectivity index (χ1) is 9.36. The molecule has 20 heavy (non-hydrogen) atoms. The Bertz CT molecular complexity index is 490. The van der Waals surface area contributed by atoms with Gasteiger partial charge in [0.15, 0.2) is 0 Å². The van der Waals surface area contributed by atoms with Gasteiger partial charge in [0.1, 0.15) is 11.3 Å². The molecule has 0 aromatic carbocycles. The van der Waals surface area contributed by atoms with Crippen LogP contribution in [0.5, 0.6) is 0 Å². The van der Waals surface area contributed by atoms with Crippen LogP contribution in [0, 0.1) is 0 Å². The smallest absolute Gasteiger partial charge is 0.341 e. The van der Waals surface area contributed by atoms with Crippen LogP contribution in [0.3, 0.4) is 0 Å². The van der Waals surface area contributed by atoms with E-state index in [1.807, 2.05) is 0 Å². The Hall–Kier alpha value is -2.31. The lowest BCUT2D eigenvalue weighted by atomic mass is 10.0. The summed E-state index contributed by atoms with van der Waals surface area (Å²) < 4.78 is 5.01. The summed E-state index contributed by atoms with van der Waals surface area (Å²) in [5.74, 6) is -0.858. The first kappa shape index (κ1) is 15.7. The highest BCUT2D eigenvalue weighted by atomic mass is 16.5. The molecule has 0 aromatic heterocycles. The lowest BCUT2D eigenvalue weighted by Crippen LogP contribution is -2.22. The van der Waals surface area contributed by atoms with Crippen molar-refractivity contribution in [3.05, 3.63) is 23.5 Å². The van der Waals surface area contributed by atoms with Crippen molar-refractivity contribution in [3.8, 4) is 0 Å². The van der Waals surface area contributed by atoms with E-state index in [9.17, 15) is 9.59 Å². The first-order valence-electron chi connectivity index (χ1n) is 6.19. The third kappa shape index (κ3) is 3.84. The van der Waals surface area contributed by atoms with Gasteiger partial charge in [-0.05, 0) is 6.92 Å². The van der Waals surface area contributed by atoms with Crippen LogP contribution < -0.4 is 5.43 Å². The standard InChI is InChI=1S/C13H20N4O3/c1-6-20-13(19)10(8-17(4)5)11-9(7-16(2)3)12(18)15-14-11/h7-8H,6H2,1-5H3,(H,15,18)/b9-7-,10-8+. The Morgan fingerprint density at radius 3 is 2.45 bits per heavy atom. The molecule has 1 aliphatic heterocycles. The lowest BCUT2D eigenvalue weighted by molar-refractivity contribution is -0.137. The van der Waals surface area contributed by atoms with Gasteiger partial charge in [-0.2, -0.15) is 5.10 Å².